The first-order valence-corrected chi connectivity index (χ1v) is 15.9. The molecule has 2 aliphatic heterocycles. The monoisotopic (exact) mass is 622 g/mol. The minimum Gasteiger partial charge on any atom is -0.457 e. The normalized spacial score (nSPS) is 17.1. The fraction of sp³-hybridized carbons (Fsp3) is 0.361. The van der Waals surface area contributed by atoms with Gasteiger partial charge < -0.3 is 19.9 Å². The van der Waals surface area contributed by atoms with Crippen LogP contribution in [0.3, 0.4) is 0 Å². The molecule has 238 valence electrons. The molecule has 0 spiro atoms. The first-order valence-electron chi connectivity index (χ1n) is 15.9. The van der Waals surface area contributed by atoms with Gasteiger partial charge in [0.2, 0.25) is 5.91 Å². The van der Waals surface area contributed by atoms with Crippen molar-refractivity contribution in [3.05, 3.63) is 95.6 Å². The van der Waals surface area contributed by atoms with Gasteiger partial charge in [-0.3, -0.25) is 9.59 Å². The number of benzene rings is 2. The van der Waals surface area contributed by atoms with Gasteiger partial charge in [0.1, 0.15) is 23.1 Å². The minimum absolute atomic E-state index is 0.0201. The summed E-state index contributed by atoms with van der Waals surface area (Å²) < 4.78 is 21.9. The highest BCUT2D eigenvalue weighted by molar-refractivity contribution is 5.95. The third-order valence-electron chi connectivity index (χ3n) is 8.62. The number of piperidine rings is 1. The molecule has 1 atom stereocenters. The zero-order chi connectivity index (χ0) is 32.2. The largest absolute Gasteiger partial charge is 0.457 e. The molecule has 1 N–H and O–H groups in total. The Labute approximate surface area is 268 Å². The molecule has 46 heavy (non-hydrogen) atoms. The molecule has 9 nitrogen and oxygen atoms in total. The molecule has 2 fully saturated rings. The van der Waals surface area contributed by atoms with E-state index in [4.69, 9.17) is 4.74 Å². The summed E-state index contributed by atoms with van der Waals surface area (Å²) in [6.07, 6.45) is 3.67. The molecule has 0 aliphatic carbocycles. The summed E-state index contributed by atoms with van der Waals surface area (Å²) >= 11 is 0. The van der Waals surface area contributed by atoms with Crippen molar-refractivity contribution in [3.63, 3.8) is 0 Å². The van der Waals surface area contributed by atoms with Crippen LogP contribution in [0, 0.1) is 11.7 Å². The first kappa shape index (κ1) is 31.1. The lowest BCUT2D eigenvalue weighted by molar-refractivity contribution is -0.128. The fourth-order valence-corrected chi connectivity index (χ4v) is 6.00. The molecule has 0 saturated carbocycles. The summed E-state index contributed by atoms with van der Waals surface area (Å²) in [5.74, 6) is 1.15. The molecular formula is C36H39FN6O3. The lowest BCUT2D eigenvalue weighted by Crippen LogP contribution is -2.45. The summed E-state index contributed by atoms with van der Waals surface area (Å²) in [4.78, 5) is 34.3. The molecular weight excluding hydrogens is 583 g/mol. The number of carbonyl (C=O) groups is 2. The molecule has 2 aliphatic rings. The Morgan fingerprint density at radius 2 is 1.83 bits per heavy atom. The number of aromatic nitrogens is 3. The second-order valence-electron chi connectivity index (χ2n) is 12.6. The number of hydrogen-bond acceptors (Lipinski definition) is 7. The van der Waals surface area contributed by atoms with Gasteiger partial charge in [0.05, 0.1) is 17.0 Å². The van der Waals surface area contributed by atoms with Gasteiger partial charge in [-0.2, -0.15) is 10.2 Å². The van der Waals surface area contributed by atoms with Crippen LogP contribution in [-0.4, -0.2) is 57.6 Å². The third-order valence-corrected chi connectivity index (χ3v) is 8.62. The number of carbonyl (C=O) groups excluding carboxylic acids is 2. The van der Waals surface area contributed by atoms with E-state index in [2.05, 4.69) is 39.2 Å². The van der Waals surface area contributed by atoms with E-state index in [-0.39, 0.29) is 30.0 Å². The van der Waals surface area contributed by atoms with Gasteiger partial charge in [-0.05, 0) is 85.3 Å². The number of pyridine rings is 1. The highest BCUT2D eigenvalue weighted by atomic mass is 19.1. The number of rotatable bonds is 9. The van der Waals surface area contributed by atoms with Crippen LogP contribution in [0.2, 0.25) is 0 Å². The minimum atomic E-state index is -0.649. The molecule has 0 radical (unpaired) electrons. The Hall–Kier alpha value is -4.86. The average molecular weight is 623 g/mol. The van der Waals surface area contributed by atoms with Gasteiger partial charge in [0.15, 0.2) is 0 Å². The summed E-state index contributed by atoms with van der Waals surface area (Å²) in [6, 6.07) is 19.8. The predicted octanol–water partition coefficient (Wildman–Crippen LogP) is 6.36. The number of likely N-dealkylation sites (tertiary alicyclic amines) is 1. The molecule has 4 aromatic rings. The van der Waals surface area contributed by atoms with Crippen LogP contribution < -0.4 is 15.0 Å². The van der Waals surface area contributed by atoms with Crippen molar-refractivity contribution in [1.29, 1.82) is 0 Å². The zero-order valence-electron chi connectivity index (χ0n) is 26.4. The van der Waals surface area contributed by atoms with Crippen molar-refractivity contribution in [2.75, 3.05) is 24.5 Å². The Balaban J connectivity index is 1.20. The van der Waals surface area contributed by atoms with E-state index < -0.39 is 11.7 Å². The number of anilines is 1. The second-order valence-corrected chi connectivity index (χ2v) is 12.6. The molecule has 6 rings (SSSR count). The van der Waals surface area contributed by atoms with Crippen LogP contribution in [0.25, 0.3) is 11.3 Å². The number of nitrogens with zero attached hydrogens (tertiary/aromatic N) is 5. The van der Waals surface area contributed by atoms with E-state index >= 15 is 4.39 Å². The Bertz CT molecular complexity index is 1670. The molecule has 10 heteroatoms. The van der Waals surface area contributed by atoms with Crippen LogP contribution in [0.5, 0.6) is 11.5 Å². The van der Waals surface area contributed by atoms with Gasteiger partial charge in [-0.25, -0.2) is 9.37 Å². The van der Waals surface area contributed by atoms with Crippen molar-refractivity contribution in [3.8, 4) is 22.8 Å². The maximum absolute atomic E-state index is 15.6. The number of amides is 2. The molecule has 2 aromatic carbocycles. The highest BCUT2D eigenvalue weighted by Gasteiger charge is 2.29. The maximum atomic E-state index is 15.6. The first-order chi connectivity index (χ1) is 22.2. The van der Waals surface area contributed by atoms with Crippen LogP contribution in [0.15, 0.2) is 72.9 Å². The van der Waals surface area contributed by atoms with E-state index in [1.54, 1.807) is 23.2 Å². The van der Waals surface area contributed by atoms with Crippen LogP contribution in [0.1, 0.15) is 67.6 Å². The number of ether oxygens (including phenoxy) is 1. The van der Waals surface area contributed by atoms with Crippen LogP contribution >= 0.6 is 0 Å². The van der Waals surface area contributed by atoms with Gasteiger partial charge >= 0.3 is 0 Å². The highest BCUT2D eigenvalue weighted by Crippen LogP contribution is 2.32. The summed E-state index contributed by atoms with van der Waals surface area (Å²) in [5, 5.41) is 11.7. The quantitative estimate of drug-likeness (QED) is 0.232. The second kappa shape index (κ2) is 13.6. The van der Waals surface area contributed by atoms with Crippen molar-refractivity contribution in [1.82, 2.24) is 25.4 Å². The molecule has 2 aromatic heterocycles. The molecule has 2 amide bonds. The third kappa shape index (κ3) is 7.17. The molecule has 0 bridgehead atoms. The smallest absolute Gasteiger partial charge is 0.254 e. The SMILES string of the molecule is CC1CC(=O)N(Cc2cc(F)c(C(=O)NC3CCN(c4ccccn4)CC3)cc2Oc2ccc(-c3ccc(C(C)C)nn3)cc2)C1. The molecule has 4 heterocycles. The van der Waals surface area contributed by atoms with Gasteiger partial charge in [0, 0.05) is 56.0 Å². The van der Waals surface area contributed by atoms with Crippen molar-refractivity contribution in [2.45, 2.75) is 58.5 Å². The predicted molar refractivity (Wildman–Crippen MR) is 174 cm³/mol. The van der Waals surface area contributed by atoms with Gasteiger partial charge in [-0.15, -0.1) is 0 Å². The maximum Gasteiger partial charge on any atom is 0.254 e. The lowest BCUT2D eigenvalue weighted by atomic mass is 10.0. The molecule has 2 saturated heterocycles. The summed E-state index contributed by atoms with van der Waals surface area (Å²) in [7, 11) is 0. The van der Waals surface area contributed by atoms with Gasteiger partial charge in [0.25, 0.3) is 5.91 Å². The molecule has 1 unspecified atom stereocenters. The Morgan fingerprint density at radius 1 is 1.04 bits per heavy atom. The Morgan fingerprint density at radius 3 is 2.46 bits per heavy atom. The standard InChI is InChI=1S/C36H39FN6O3/c1-23(2)31-11-12-32(41-40-31)25-7-9-28(10-8-25)46-33-20-29(30(37)19-26(33)22-43-21-24(3)18-35(43)44)36(45)39-27-13-16-42(17-14-27)34-6-4-5-15-38-34/h4-12,15,19-20,23-24,27H,13-14,16-18,21-22H2,1-3H3,(H,39,45). The number of halogens is 1. The number of hydrogen-bond donors (Lipinski definition) is 1. The van der Waals surface area contributed by atoms with Crippen molar-refractivity contribution < 1.29 is 18.7 Å². The fourth-order valence-electron chi connectivity index (χ4n) is 6.00. The van der Waals surface area contributed by atoms with Crippen LogP contribution in [0.4, 0.5) is 10.2 Å². The van der Waals surface area contributed by atoms with Crippen LogP contribution in [-0.2, 0) is 11.3 Å². The van der Waals surface area contributed by atoms with Crippen molar-refractivity contribution >= 4 is 17.6 Å². The van der Waals surface area contributed by atoms with Gasteiger partial charge in [-0.1, -0.05) is 26.8 Å². The zero-order valence-corrected chi connectivity index (χ0v) is 26.4. The summed E-state index contributed by atoms with van der Waals surface area (Å²) in [5.41, 5.74) is 2.95. The summed E-state index contributed by atoms with van der Waals surface area (Å²) in [6.45, 7) is 8.42. The van der Waals surface area contributed by atoms with Crippen molar-refractivity contribution in [2.24, 2.45) is 5.92 Å². The lowest BCUT2D eigenvalue weighted by Gasteiger charge is -2.33. The average Bonchev–Trinajstić information content (AvgIpc) is 3.39. The Kier molecular flexibility index (Phi) is 9.23. The van der Waals surface area contributed by atoms with E-state index in [1.807, 2.05) is 49.4 Å². The topological polar surface area (TPSA) is 101 Å². The van der Waals surface area contributed by atoms with E-state index in [0.29, 0.717) is 35.9 Å². The van der Waals surface area contributed by atoms with E-state index in [0.717, 1.165) is 48.7 Å². The van der Waals surface area contributed by atoms with E-state index in [1.165, 1.54) is 12.1 Å². The van der Waals surface area contributed by atoms with E-state index in [9.17, 15) is 9.59 Å². The number of nitrogens with one attached hydrogen (secondary N) is 1.